The molecule has 0 aliphatic carbocycles. The molecule has 0 aliphatic rings. The van der Waals surface area contributed by atoms with Gasteiger partial charge in [0.1, 0.15) is 15.9 Å². The van der Waals surface area contributed by atoms with Gasteiger partial charge in [-0.25, -0.2) is 9.59 Å². The summed E-state index contributed by atoms with van der Waals surface area (Å²) < 4.78 is 11.3. The fraction of sp³-hybridized carbons (Fsp3) is 0.412. The lowest BCUT2D eigenvalue weighted by atomic mass is 10.1. The van der Waals surface area contributed by atoms with Crippen LogP contribution >= 0.6 is 22.9 Å². The van der Waals surface area contributed by atoms with Gasteiger partial charge < -0.3 is 14.8 Å². The summed E-state index contributed by atoms with van der Waals surface area (Å²) in [7, 11) is 1.23. The summed E-state index contributed by atoms with van der Waals surface area (Å²) in [5.74, 6) is -1.63. The highest BCUT2D eigenvalue weighted by molar-refractivity contribution is 7.18. The Hall–Kier alpha value is -2.39. The van der Waals surface area contributed by atoms with E-state index < -0.39 is 23.9 Å². The van der Waals surface area contributed by atoms with Crippen molar-refractivity contribution in [2.24, 2.45) is 0 Å². The number of halogens is 1. The van der Waals surface area contributed by atoms with Crippen molar-refractivity contribution in [2.45, 2.75) is 33.7 Å². The molecule has 2 heterocycles. The van der Waals surface area contributed by atoms with E-state index in [-0.39, 0.29) is 22.0 Å². The predicted molar refractivity (Wildman–Crippen MR) is 102 cm³/mol. The fourth-order valence-electron chi connectivity index (χ4n) is 2.46. The van der Waals surface area contributed by atoms with Crippen LogP contribution in [0.5, 0.6) is 0 Å². The van der Waals surface area contributed by atoms with Gasteiger partial charge in [0.05, 0.1) is 36.2 Å². The number of carbonyl (C=O) groups is 3. The number of thiophene rings is 1. The number of esters is 2. The molecule has 0 aromatic carbocycles. The first kappa shape index (κ1) is 20.9. The number of hydrogen-bond acceptors (Lipinski definition) is 7. The van der Waals surface area contributed by atoms with Crippen LogP contribution in [-0.2, 0) is 14.3 Å². The highest BCUT2D eigenvalue weighted by Crippen LogP contribution is 2.34. The van der Waals surface area contributed by atoms with Crippen LogP contribution in [0.4, 0.5) is 5.00 Å². The van der Waals surface area contributed by atoms with E-state index >= 15 is 0 Å². The molecule has 27 heavy (non-hydrogen) atoms. The normalized spacial score (nSPS) is 11.8. The molecule has 2 rings (SSSR count). The second-order valence-corrected chi connectivity index (χ2v) is 7.09. The van der Waals surface area contributed by atoms with E-state index in [0.29, 0.717) is 16.3 Å². The molecular formula is C17H20ClN3O5S. The lowest BCUT2D eigenvalue weighted by Crippen LogP contribution is -2.25. The molecule has 0 spiro atoms. The van der Waals surface area contributed by atoms with Crippen molar-refractivity contribution >= 4 is 45.8 Å². The Kier molecular flexibility index (Phi) is 6.61. The van der Waals surface area contributed by atoms with Crippen molar-refractivity contribution in [3.8, 4) is 0 Å². The number of nitrogens with zero attached hydrogens (tertiary/aromatic N) is 2. The van der Waals surface area contributed by atoms with Gasteiger partial charge in [0.15, 0.2) is 0 Å². The number of aromatic nitrogens is 2. The maximum atomic E-state index is 12.7. The molecular weight excluding hydrogens is 394 g/mol. The highest BCUT2D eigenvalue weighted by atomic mass is 35.5. The van der Waals surface area contributed by atoms with Gasteiger partial charge in [0, 0.05) is 0 Å². The molecule has 1 atom stereocenters. The number of anilines is 1. The lowest BCUT2D eigenvalue weighted by Gasteiger charge is -2.14. The molecule has 1 amide bonds. The second kappa shape index (κ2) is 8.53. The molecule has 0 radical (unpaired) electrons. The summed E-state index contributed by atoms with van der Waals surface area (Å²) in [5.41, 5.74) is 1.16. The van der Waals surface area contributed by atoms with E-state index in [1.165, 1.54) is 18.0 Å². The zero-order valence-corrected chi connectivity index (χ0v) is 17.2. The minimum atomic E-state index is -0.684. The van der Waals surface area contributed by atoms with Gasteiger partial charge in [-0.2, -0.15) is 5.10 Å². The third-order valence-electron chi connectivity index (χ3n) is 3.96. The van der Waals surface area contributed by atoms with Gasteiger partial charge in [-0.15, -0.1) is 11.3 Å². The third kappa shape index (κ3) is 4.14. The maximum Gasteiger partial charge on any atom is 0.348 e. The number of hydrogen-bond donors (Lipinski definition) is 1. The first-order chi connectivity index (χ1) is 12.7. The van der Waals surface area contributed by atoms with Crippen molar-refractivity contribution in [3.63, 3.8) is 0 Å². The molecule has 0 saturated carbocycles. The van der Waals surface area contributed by atoms with Crippen LogP contribution in [0.3, 0.4) is 0 Å². The van der Waals surface area contributed by atoms with Crippen molar-refractivity contribution in [2.75, 3.05) is 19.0 Å². The Balaban J connectivity index is 2.37. The average Bonchev–Trinajstić information content (AvgIpc) is 3.13. The van der Waals surface area contributed by atoms with E-state index in [2.05, 4.69) is 10.4 Å². The summed E-state index contributed by atoms with van der Waals surface area (Å²) in [4.78, 5) is 37.2. The van der Waals surface area contributed by atoms with Crippen molar-refractivity contribution in [3.05, 3.63) is 32.9 Å². The molecule has 8 nitrogen and oxygen atoms in total. The minimum Gasteiger partial charge on any atom is -0.465 e. The van der Waals surface area contributed by atoms with Gasteiger partial charge in [-0.1, -0.05) is 11.6 Å². The van der Waals surface area contributed by atoms with Crippen molar-refractivity contribution in [1.82, 2.24) is 9.78 Å². The van der Waals surface area contributed by atoms with Crippen LogP contribution in [0.15, 0.2) is 6.20 Å². The number of carbonyl (C=O) groups excluding carboxylic acids is 3. The van der Waals surface area contributed by atoms with Gasteiger partial charge >= 0.3 is 11.9 Å². The van der Waals surface area contributed by atoms with Crippen molar-refractivity contribution in [1.29, 1.82) is 0 Å². The molecule has 1 unspecified atom stereocenters. The summed E-state index contributed by atoms with van der Waals surface area (Å²) in [6, 6.07) is -0.684. The molecule has 10 heteroatoms. The molecule has 2 aromatic rings. The van der Waals surface area contributed by atoms with Gasteiger partial charge in [0.2, 0.25) is 5.91 Å². The first-order valence-electron chi connectivity index (χ1n) is 8.12. The standard InChI is InChI=1S/C17H20ClN3O5S/c1-6-26-17(24)13-8(2)12(16(23)25-5)15(27-13)20-14(22)10(4)21-9(3)11(18)7-19-21/h7,10H,6H2,1-5H3,(H,20,22). The van der Waals surface area contributed by atoms with Gasteiger partial charge in [-0.3, -0.25) is 9.48 Å². The Morgan fingerprint density at radius 2 is 2.00 bits per heavy atom. The van der Waals surface area contributed by atoms with Crippen LogP contribution in [0.2, 0.25) is 5.02 Å². The maximum absolute atomic E-state index is 12.7. The van der Waals surface area contributed by atoms with Crippen LogP contribution in [-0.4, -0.2) is 41.3 Å². The summed E-state index contributed by atoms with van der Waals surface area (Å²) >= 11 is 6.95. The monoisotopic (exact) mass is 413 g/mol. The number of nitrogens with one attached hydrogen (secondary N) is 1. The molecule has 2 aromatic heterocycles. The lowest BCUT2D eigenvalue weighted by molar-refractivity contribution is -0.119. The smallest absolute Gasteiger partial charge is 0.348 e. The average molecular weight is 414 g/mol. The Labute approximate surface area is 165 Å². The van der Waals surface area contributed by atoms with Gasteiger partial charge in [0.25, 0.3) is 0 Å². The zero-order valence-electron chi connectivity index (χ0n) is 15.6. The largest absolute Gasteiger partial charge is 0.465 e. The van der Waals surface area contributed by atoms with E-state index in [4.69, 9.17) is 21.1 Å². The number of methoxy groups -OCH3 is 1. The molecule has 0 bridgehead atoms. The summed E-state index contributed by atoms with van der Waals surface area (Å²) in [6.45, 7) is 6.88. The van der Waals surface area contributed by atoms with Crippen LogP contribution < -0.4 is 5.32 Å². The molecule has 146 valence electrons. The van der Waals surface area contributed by atoms with E-state index in [1.54, 1.807) is 27.7 Å². The number of amides is 1. The highest BCUT2D eigenvalue weighted by Gasteiger charge is 2.28. The van der Waals surface area contributed by atoms with Crippen molar-refractivity contribution < 1.29 is 23.9 Å². The molecule has 0 aliphatic heterocycles. The Morgan fingerprint density at radius 1 is 1.33 bits per heavy atom. The van der Waals surface area contributed by atoms with Crippen LogP contribution in [0, 0.1) is 13.8 Å². The Bertz CT molecular complexity index is 890. The van der Waals surface area contributed by atoms with E-state index in [9.17, 15) is 14.4 Å². The summed E-state index contributed by atoms with van der Waals surface area (Å²) in [5, 5.41) is 7.44. The van der Waals surface area contributed by atoms with Gasteiger partial charge in [-0.05, 0) is 33.3 Å². The summed E-state index contributed by atoms with van der Waals surface area (Å²) in [6.07, 6.45) is 1.45. The van der Waals surface area contributed by atoms with Crippen LogP contribution in [0.25, 0.3) is 0 Å². The number of ether oxygens (including phenoxy) is 2. The minimum absolute atomic E-state index is 0.126. The second-order valence-electron chi connectivity index (χ2n) is 5.66. The predicted octanol–water partition coefficient (Wildman–Crippen LogP) is 3.38. The molecule has 0 fully saturated rings. The SMILES string of the molecule is CCOC(=O)c1sc(NC(=O)C(C)n2ncc(Cl)c2C)c(C(=O)OC)c1C. The molecule has 1 N–H and O–H groups in total. The van der Waals surface area contributed by atoms with E-state index in [1.807, 2.05) is 0 Å². The quantitative estimate of drug-likeness (QED) is 0.729. The Morgan fingerprint density at radius 3 is 2.52 bits per heavy atom. The first-order valence-corrected chi connectivity index (χ1v) is 9.31. The topological polar surface area (TPSA) is 99.5 Å². The third-order valence-corrected chi connectivity index (χ3v) is 5.52. The van der Waals surface area contributed by atoms with E-state index in [0.717, 1.165) is 11.3 Å². The van der Waals surface area contributed by atoms with Crippen LogP contribution in [0.1, 0.15) is 51.2 Å². The molecule has 0 saturated heterocycles. The number of rotatable bonds is 6. The fourth-order valence-corrected chi connectivity index (χ4v) is 3.68. The zero-order chi connectivity index (χ0) is 20.3.